The minimum Gasteiger partial charge on any atom is -0.315 e. The summed E-state index contributed by atoms with van der Waals surface area (Å²) in [5, 5.41) is 6.01. The third kappa shape index (κ3) is 5.23. The molecule has 0 aliphatic rings. The van der Waals surface area contributed by atoms with Gasteiger partial charge in [0.25, 0.3) is 0 Å². The highest BCUT2D eigenvalue weighted by molar-refractivity contribution is 6.31. The van der Waals surface area contributed by atoms with Crippen LogP contribution < -0.4 is 10.6 Å². The summed E-state index contributed by atoms with van der Waals surface area (Å²) in [6.07, 6.45) is 3.58. The number of anilines is 1. The molecule has 1 rings (SSSR count). The Bertz CT molecular complexity index is 461. The van der Waals surface area contributed by atoms with Crippen molar-refractivity contribution in [2.75, 3.05) is 5.32 Å². The van der Waals surface area contributed by atoms with Crippen LogP contribution in [0.25, 0.3) is 0 Å². The van der Waals surface area contributed by atoms with Gasteiger partial charge < -0.3 is 10.6 Å². The Balaban J connectivity index is 2.60. The van der Waals surface area contributed by atoms with Crippen molar-refractivity contribution < 1.29 is 4.79 Å². The molecule has 0 aromatic heterocycles. The van der Waals surface area contributed by atoms with Crippen LogP contribution in [0.3, 0.4) is 0 Å². The van der Waals surface area contributed by atoms with Crippen LogP contribution in [-0.4, -0.2) is 6.03 Å². The zero-order valence-corrected chi connectivity index (χ0v) is 11.9. The smallest absolute Gasteiger partial charge is 0.315 e. The van der Waals surface area contributed by atoms with Crippen molar-refractivity contribution in [2.24, 2.45) is 5.41 Å². The fourth-order valence-corrected chi connectivity index (χ4v) is 1.43. The number of allylic oxidation sites excluding steroid dienone is 1. The molecule has 0 atom stereocenters. The number of hydrogen-bond donors (Lipinski definition) is 2. The molecule has 98 valence electrons. The molecule has 2 N–H and O–H groups in total. The van der Waals surface area contributed by atoms with Gasteiger partial charge in [-0.3, -0.25) is 0 Å². The fraction of sp³-hybridized carbons (Fsp3) is 0.357. The van der Waals surface area contributed by atoms with E-state index in [1.54, 1.807) is 18.3 Å². The standard InChI is InChI=1S/C14H19ClN2O/c1-10-5-6-11(15)9-12(10)17-13(18)16-8-7-14(2,3)4/h5-9H,1-4H3,(H2,16,17,18)/b8-7+. The number of benzene rings is 1. The summed E-state index contributed by atoms with van der Waals surface area (Å²) in [5.74, 6) is 0. The zero-order chi connectivity index (χ0) is 13.8. The van der Waals surface area contributed by atoms with E-state index in [0.29, 0.717) is 10.7 Å². The molecule has 4 heteroatoms. The van der Waals surface area contributed by atoms with Crippen LogP contribution in [-0.2, 0) is 0 Å². The number of urea groups is 1. The van der Waals surface area contributed by atoms with Crippen molar-refractivity contribution in [2.45, 2.75) is 27.7 Å². The predicted octanol–water partition coefficient (Wildman–Crippen LogP) is 4.33. The summed E-state index contributed by atoms with van der Waals surface area (Å²) in [6.45, 7) is 8.09. The van der Waals surface area contributed by atoms with E-state index < -0.39 is 0 Å². The van der Waals surface area contributed by atoms with E-state index in [1.807, 2.05) is 19.1 Å². The summed E-state index contributed by atoms with van der Waals surface area (Å²) in [4.78, 5) is 11.6. The van der Waals surface area contributed by atoms with Crippen molar-refractivity contribution in [3.05, 3.63) is 41.1 Å². The molecule has 0 unspecified atom stereocenters. The molecular weight excluding hydrogens is 248 g/mol. The molecule has 0 saturated heterocycles. The number of amides is 2. The number of nitrogens with one attached hydrogen (secondary N) is 2. The van der Waals surface area contributed by atoms with Gasteiger partial charge in [-0.05, 0) is 30.0 Å². The lowest BCUT2D eigenvalue weighted by Crippen LogP contribution is -2.24. The molecule has 2 amide bonds. The largest absolute Gasteiger partial charge is 0.323 e. The minimum atomic E-state index is -0.277. The molecule has 0 spiro atoms. The van der Waals surface area contributed by atoms with Gasteiger partial charge in [0, 0.05) is 16.9 Å². The zero-order valence-electron chi connectivity index (χ0n) is 11.2. The average molecular weight is 267 g/mol. The highest BCUT2D eigenvalue weighted by atomic mass is 35.5. The van der Waals surface area contributed by atoms with Crippen LogP contribution in [0.15, 0.2) is 30.5 Å². The topological polar surface area (TPSA) is 41.1 Å². The predicted molar refractivity (Wildman–Crippen MR) is 76.9 cm³/mol. The number of carbonyl (C=O) groups excluding carboxylic acids is 1. The summed E-state index contributed by atoms with van der Waals surface area (Å²) in [7, 11) is 0. The van der Waals surface area contributed by atoms with Gasteiger partial charge in [-0.25, -0.2) is 4.79 Å². The Morgan fingerprint density at radius 2 is 2.00 bits per heavy atom. The lowest BCUT2D eigenvalue weighted by molar-refractivity contribution is 0.255. The number of hydrogen-bond acceptors (Lipinski definition) is 1. The van der Waals surface area contributed by atoms with Gasteiger partial charge in [-0.1, -0.05) is 44.5 Å². The Morgan fingerprint density at radius 3 is 2.61 bits per heavy atom. The monoisotopic (exact) mass is 266 g/mol. The quantitative estimate of drug-likeness (QED) is 0.822. The highest BCUT2D eigenvalue weighted by Crippen LogP contribution is 2.20. The van der Waals surface area contributed by atoms with Crippen LogP contribution in [0.1, 0.15) is 26.3 Å². The fourth-order valence-electron chi connectivity index (χ4n) is 1.25. The molecule has 0 radical (unpaired) electrons. The second-order valence-electron chi connectivity index (χ2n) is 5.26. The Kier molecular flexibility index (Phi) is 4.79. The van der Waals surface area contributed by atoms with Gasteiger partial charge in [0.05, 0.1) is 0 Å². The Labute approximate surface area is 113 Å². The highest BCUT2D eigenvalue weighted by Gasteiger charge is 2.05. The van der Waals surface area contributed by atoms with Gasteiger partial charge >= 0.3 is 6.03 Å². The van der Waals surface area contributed by atoms with Crippen LogP contribution >= 0.6 is 11.6 Å². The van der Waals surface area contributed by atoms with E-state index in [1.165, 1.54) is 0 Å². The third-order valence-electron chi connectivity index (χ3n) is 2.25. The van der Waals surface area contributed by atoms with E-state index in [2.05, 4.69) is 31.4 Å². The first-order chi connectivity index (χ1) is 8.28. The molecule has 0 bridgehead atoms. The molecular formula is C14H19ClN2O. The maximum absolute atomic E-state index is 11.6. The molecule has 18 heavy (non-hydrogen) atoms. The lowest BCUT2D eigenvalue weighted by Gasteiger charge is -2.12. The Morgan fingerprint density at radius 1 is 1.33 bits per heavy atom. The molecule has 0 aliphatic heterocycles. The molecule has 3 nitrogen and oxygen atoms in total. The minimum absolute atomic E-state index is 0.0409. The normalized spacial score (nSPS) is 11.6. The Hall–Kier alpha value is -1.48. The van der Waals surface area contributed by atoms with Crippen LogP contribution in [0.4, 0.5) is 10.5 Å². The third-order valence-corrected chi connectivity index (χ3v) is 2.48. The second-order valence-corrected chi connectivity index (χ2v) is 5.69. The molecule has 0 heterocycles. The van der Waals surface area contributed by atoms with Crippen LogP contribution in [0.2, 0.25) is 5.02 Å². The molecule has 0 aliphatic carbocycles. The molecule has 1 aromatic rings. The first-order valence-corrected chi connectivity index (χ1v) is 6.17. The van der Waals surface area contributed by atoms with Crippen molar-refractivity contribution in [1.29, 1.82) is 0 Å². The van der Waals surface area contributed by atoms with Gasteiger partial charge in [-0.15, -0.1) is 0 Å². The van der Waals surface area contributed by atoms with E-state index in [4.69, 9.17) is 11.6 Å². The summed E-state index contributed by atoms with van der Waals surface area (Å²) >= 11 is 5.88. The van der Waals surface area contributed by atoms with Crippen molar-refractivity contribution in [1.82, 2.24) is 5.32 Å². The first-order valence-electron chi connectivity index (χ1n) is 5.79. The summed E-state index contributed by atoms with van der Waals surface area (Å²) in [6, 6.07) is 5.10. The molecule has 0 fully saturated rings. The van der Waals surface area contributed by atoms with E-state index >= 15 is 0 Å². The first kappa shape index (κ1) is 14.6. The van der Waals surface area contributed by atoms with Crippen LogP contribution in [0.5, 0.6) is 0 Å². The maximum Gasteiger partial charge on any atom is 0.323 e. The van der Waals surface area contributed by atoms with Crippen LogP contribution in [0, 0.1) is 12.3 Å². The summed E-state index contributed by atoms with van der Waals surface area (Å²) < 4.78 is 0. The number of carbonyl (C=O) groups is 1. The number of halogens is 1. The van der Waals surface area contributed by atoms with Crippen molar-refractivity contribution in [3.8, 4) is 0 Å². The van der Waals surface area contributed by atoms with Crippen molar-refractivity contribution >= 4 is 23.3 Å². The van der Waals surface area contributed by atoms with Crippen molar-refractivity contribution in [3.63, 3.8) is 0 Å². The lowest BCUT2D eigenvalue weighted by atomic mass is 9.97. The van der Waals surface area contributed by atoms with Gasteiger partial charge in [0.2, 0.25) is 0 Å². The van der Waals surface area contributed by atoms with Gasteiger partial charge in [0.15, 0.2) is 0 Å². The molecule has 0 saturated carbocycles. The second kappa shape index (κ2) is 5.91. The van der Waals surface area contributed by atoms with E-state index in [0.717, 1.165) is 5.56 Å². The van der Waals surface area contributed by atoms with E-state index in [-0.39, 0.29) is 11.4 Å². The average Bonchev–Trinajstić information content (AvgIpc) is 2.21. The summed E-state index contributed by atoms with van der Waals surface area (Å²) in [5.41, 5.74) is 1.72. The number of rotatable bonds is 2. The van der Waals surface area contributed by atoms with Gasteiger partial charge in [0.1, 0.15) is 0 Å². The molecule has 1 aromatic carbocycles. The SMILES string of the molecule is Cc1ccc(Cl)cc1NC(=O)N/C=C/C(C)(C)C. The van der Waals surface area contributed by atoms with E-state index in [9.17, 15) is 4.79 Å². The number of aryl methyl sites for hydroxylation is 1. The van der Waals surface area contributed by atoms with Gasteiger partial charge in [-0.2, -0.15) is 0 Å². The maximum atomic E-state index is 11.6.